The summed E-state index contributed by atoms with van der Waals surface area (Å²) in [6.45, 7) is 1.03. The molecule has 1 aromatic carbocycles. The molecule has 3 rings (SSSR count). The maximum Gasteiger partial charge on any atom is 0.230 e. The third-order valence-electron chi connectivity index (χ3n) is 4.03. The number of benzene rings is 1. The molecule has 1 heterocycles. The van der Waals surface area contributed by atoms with Gasteiger partial charge in [0.15, 0.2) is 0 Å². The van der Waals surface area contributed by atoms with Crippen molar-refractivity contribution in [2.24, 2.45) is 12.8 Å². The van der Waals surface area contributed by atoms with Crippen LogP contribution in [0.1, 0.15) is 18.4 Å². The molecule has 0 radical (unpaired) electrons. The summed E-state index contributed by atoms with van der Waals surface area (Å²) in [6, 6.07) is 8.24. The lowest BCUT2D eigenvalue weighted by Gasteiger charge is -2.14. The largest absolute Gasteiger partial charge is 0.354 e. The monoisotopic (exact) mass is 257 g/mol. The van der Waals surface area contributed by atoms with Gasteiger partial charge in [-0.2, -0.15) is 0 Å². The van der Waals surface area contributed by atoms with Crippen LogP contribution in [0.4, 0.5) is 0 Å². The molecule has 3 N–H and O–H groups in total. The van der Waals surface area contributed by atoms with E-state index >= 15 is 0 Å². The summed E-state index contributed by atoms with van der Waals surface area (Å²) in [6.07, 6.45) is 3.95. The van der Waals surface area contributed by atoms with Gasteiger partial charge < -0.3 is 15.6 Å². The number of amides is 1. The van der Waals surface area contributed by atoms with Crippen molar-refractivity contribution in [2.75, 3.05) is 13.1 Å². The number of hydrogen-bond donors (Lipinski definition) is 2. The van der Waals surface area contributed by atoms with E-state index in [1.807, 2.05) is 19.2 Å². The molecule has 0 aliphatic heterocycles. The van der Waals surface area contributed by atoms with Crippen molar-refractivity contribution < 1.29 is 4.79 Å². The van der Waals surface area contributed by atoms with Crippen LogP contribution in [0.2, 0.25) is 0 Å². The van der Waals surface area contributed by atoms with Crippen molar-refractivity contribution in [3.8, 4) is 0 Å². The van der Waals surface area contributed by atoms with E-state index in [0.717, 1.165) is 18.4 Å². The number of aryl methyl sites for hydroxylation is 1. The lowest BCUT2D eigenvalue weighted by Crippen LogP contribution is -2.37. The van der Waals surface area contributed by atoms with Crippen molar-refractivity contribution in [3.63, 3.8) is 0 Å². The molecule has 1 saturated carbocycles. The zero-order valence-corrected chi connectivity index (χ0v) is 11.1. The van der Waals surface area contributed by atoms with E-state index in [0.29, 0.717) is 13.1 Å². The smallest absolute Gasteiger partial charge is 0.230 e. The van der Waals surface area contributed by atoms with Crippen molar-refractivity contribution in [3.05, 3.63) is 36.0 Å². The molecule has 0 spiro atoms. The summed E-state index contributed by atoms with van der Waals surface area (Å²) in [4.78, 5) is 12.4. The highest BCUT2D eigenvalue weighted by Crippen LogP contribution is 2.50. The highest BCUT2D eigenvalue weighted by molar-refractivity contribution is 5.97. The number of aromatic nitrogens is 1. The van der Waals surface area contributed by atoms with Gasteiger partial charge in [-0.1, -0.05) is 18.2 Å². The average Bonchev–Trinajstić information content (AvgIpc) is 3.17. The SMILES string of the molecule is Cn1cc(C2(C(=O)NCCN)CC2)c2ccccc21. The van der Waals surface area contributed by atoms with Gasteiger partial charge in [0.2, 0.25) is 5.91 Å². The summed E-state index contributed by atoms with van der Waals surface area (Å²) < 4.78 is 2.10. The van der Waals surface area contributed by atoms with E-state index in [1.54, 1.807) is 0 Å². The Morgan fingerprint density at radius 1 is 1.42 bits per heavy atom. The van der Waals surface area contributed by atoms with E-state index in [4.69, 9.17) is 5.73 Å². The fourth-order valence-electron chi connectivity index (χ4n) is 2.82. The first-order chi connectivity index (χ1) is 9.19. The Kier molecular flexibility index (Phi) is 2.82. The van der Waals surface area contributed by atoms with Crippen LogP contribution in [0.25, 0.3) is 10.9 Å². The fraction of sp³-hybridized carbons (Fsp3) is 0.400. The number of nitrogens with one attached hydrogen (secondary N) is 1. The number of carbonyl (C=O) groups is 1. The molecule has 1 aliphatic rings. The lowest BCUT2D eigenvalue weighted by atomic mass is 9.94. The number of nitrogens with two attached hydrogens (primary N) is 1. The molecule has 0 saturated heterocycles. The van der Waals surface area contributed by atoms with Crippen molar-refractivity contribution in [1.29, 1.82) is 0 Å². The minimum atomic E-state index is -0.323. The first kappa shape index (κ1) is 12.2. The molecule has 100 valence electrons. The summed E-state index contributed by atoms with van der Waals surface area (Å²) >= 11 is 0. The van der Waals surface area contributed by atoms with Gasteiger partial charge in [0, 0.05) is 37.2 Å². The molecule has 0 atom stereocenters. The van der Waals surface area contributed by atoms with Gasteiger partial charge in [-0.25, -0.2) is 0 Å². The van der Waals surface area contributed by atoms with Gasteiger partial charge in [0.05, 0.1) is 5.41 Å². The number of hydrogen-bond acceptors (Lipinski definition) is 2. The lowest BCUT2D eigenvalue weighted by molar-refractivity contribution is -0.123. The van der Waals surface area contributed by atoms with Gasteiger partial charge in [0.25, 0.3) is 0 Å². The highest BCUT2D eigenvalue weighted by atomic mass is 16.2. The van der Waals surface area contributed by atoms with Crippen molar-refractivity contribution >= 4 is 16.8 Å². The van der Waals surface area contributed by atoms with Crippen LogP contribution in [-0.2, 0) is 17.3 Å². The van der Waals surface area contributed by atoms with Crippen LogP contribution in [0.15, 0.2) is 30.5 Å². The van der Waals surface area contributed by atoms with E-state index in [-0.39, 0.29) is 11.3 Å². The van der Waals surface area contributed by atoms with Crippen molar-refractivity contribution in [1.82, 2.24) is 9.88 Å². The van der Waals surface area contributed by atoms with Gasteiger partial charge in [-0.3, -0.25) is 4.79 Å². The quantitative estimate of drug-likeness (QED) is 0.867. The third-order valence-corrected chi connectivity index (χ3v) is 4.03. The van der Waals surface area contributed by atoms with Crippen molar-refractivity contribution in [2.45, 2.75) is 18.3 Å². The number of nitrogens with zero attached hydrogens (tertiary/aromatic N) is 1. The molecular weight excluding hydrogens is 238 g/mol. The van der Waals surface area contributed by atoms with Gasteiger partial charge in [-0.05, 0) is 24.5 Å². The molecule has 19 heavy (non-hydrogen) atoms. The number of rotatable bonds is 4. The van der Waals surface area contributed by atoms with Gasteiger partial charge in [-0.15, -0.1) is 0 Å². The third kappa shape index (κ3) is 1.83. The number of fused-ring (bicyclic) bond motifs is 1. The van der Waals surface area contributed by atoms with Gasteiger partial charge >= 0.3 is 0 Å². The molecular formula is C15H19N3O. The van der Waals surface area contributed by atoms with Gasteiger partial charge in [0.1, 0.15) is 0 Å². The fourth-order valence-corrected chi connectivity index (χ4v) is 2.82. The summed E-state index contributed by atoms with van der Waals surface area (Å²) in [5, 5.41) is 4.12. The molecule has 1 aromatic heterocycles. The first-order valence-corrected chi connectivity index (χ1v) is 6.72. The second kappa shape index (κ2) is 4.38. The Balaban J connectivity index is 2.02. The zero-order valence-electron chi connectivity index (χ0n) is 11.1. The second-order valence-corrected chi connectivity index (χ2v) is 5.30. The minimum Gasteiger partial charge on any atom is -0.354 e. The van der Waals surface area contributed by atoms with E-state index in [1.165, 1.54) is 10.9 Å². The maximum atomic E-state index is 12.4. The van der Waals surface area contributed by atoms with E-state index < -0.39 is 0 Å². The Labute approximate surface area is 112 Å². The molecule has 4 nitrogen and oxygen atoms in total. The summed E-state index contributed by atoms with van der Waals surface area (Å²) in [5.74, 6) is 0.120. The maximum absolute atomic E-state index is 12.4. The molecule has 4 heteroatoms. The average molecular weight is 257 g/mol. The van der Waals surface area contributed by atoms with Crippen LogP contribution in [0, 0.1) is 0 Å². The highest BCUT2D eigenvalue weighted by Gasteiger charge is 2.52. The first-order valence-electron chi connectivity index (χ1n) is 6.72. The number of carbonyl (C=O) groups excluding carboxylic acids is 1. The molecule has 1 amide bonds. The molecule has 0 unspecified atom stereocenters. The van der Waals surface area contributed by atoms with Crippen LogP contribution in [0.3, 0.4) is 0 Å². The number of para-hydroxylation sites is 1. The predicted molar refractivity (Wildman–Crippen MR) is 75.9 cm³/mol. The normalized spacial score (nSPS) is 16.5. The Morgan fingerprint density at radius 2 is 2.16 bits per heavy atom. The Morgan fingerprint density at radius 3 is 2.84 bits per heavy atom. The van der Waals surface area contributed by atoms with E-state index in [2.05, 4.69) is 28.2 Å². The molecule has 0 bridgehead atoms. The molecule has 1 aliphatic carbocycles. The summed E-state index contributed by atoms with van der Waals surface area (Å²) in [7, 11) is 2.03. The summed E-state index contributed by atoms with van der Waals surface area (Å²) in [5.41, 5.74) is 7.46. The zero-order chi connectivity index (χ0) is 13.5. The molecule has 1 fully saturated rings. The molecule has 2 aromatic rings. The van der Waals surface area contributed by atoms with Crippen LogP contribution in [0.5, 0.6) is 0 Å². The Bertz CT molecular complexity index is 625. The van der Waals surface area contributed by atoms with Crippen LogP contribution >= 0.6 is 0 Å². The predicted octanol–water partition coefficient (Wildman–Crippen LogP) is 1.28. The van der Waals surface area contributed by atoms with E-state index in [9.17, 15) is 4.79 Å². The standard InChI is InChI=1S/C15H19N3O/c1-18-10-12(11-4-2-3-5-13(11)18)15(6-7-15)14(19)17-9-8-16/h2-5,10H,6-9,16H2,1H3,(H,17,19). The minimum absolute atomic E-state index is 0.120. The topological polar surface area (TPSA) is 60.0 Å². The van der Waals surface area contributed by atoms with Crippen LogP contribution in [-0.4, -0.2) is 23.6 Å². The second-order valence-electron chi connectivity index (χ2n) is 5.30. The van der Waals surface area contributed by atoms with Crippen LogP contribution < -0.4 is 11.1 Å². The Hall–Kier alpha value is -1.81.